The number of para-hydroxylation sites is 1. The van der Waals surface area contributed by atoms with Gasteiger partial charge in [0.05, 0.1) is 0 Å². The van der Waals surface area contributed by atoms with Crippen LogP contribution in [0.2, 0.25) is 0 Å². The Morgan fingerprint density at radius 1 is 1.29 bits per heavy atom. The Morgan fingerprint density at radius 3 is 2.35 bits per heavy atom. The number of aliphatic hydroxyl groups is 1. The molecule has 0 heterocycles. The van der Waals surface area contributed by atoms with Gasteiger partial charge in [-0.15, -0.1) is 0 Å². The molecule has 7 heteroatoms. The molecule has 0 fully saturated rings. The number of ether oxygens (including phenoxy) is 2. The van der Waals surface area contributed by atoms with Crippen LogP contribution in [0.5, 0.6) is 5.75 Å². The molecular formula is C10H14O6S. The van der Waals surface area contributed by atoms with Crippen LogP contribution < -0.4 is 4.74 Å². The highest BCUT2D eigenvalue weighted by molar-refractivity contribution is 7.86. The minimum absolute atomic E-state index is 0.0888. The summed E-state index contributed by atoms with van der Waals surface area (Å²) in [6.07, 6.45) is 0. The summed E-state index contributed by atoms with van der Waals surface area (Å²) in [5.41, 5.74) is 0. The van der Waals surface area contributed by atoms with E-state index in [0.29, 0.717) is 5.75 Å². The molecule has 0 saturated heterocycles. The summed E-state index contributed by atoms with van der Waals surface area (Å²) in [5.74, 6) is 0.356. The van der Waals surface area contributed by atoms with Crippen LogP contribution in [-0.4, -0.2) is 36.4 Å². The molecule has 0 radical (unpaired) electrons. The molecule has 1 unspecified atom stereocenters. The molecule has 0 bridgehead atoms. The summed E-state index contributed by atoms with van der Waals surface area (Å²) >= 11 is 0. The van der Waals surface area contributed by atoms with Crippen LogP contribution in [0.1, 0.15) is 6.92 Å². The molecule has 0 amide bonds. The second-order valence-corrected chi connectivity index (χ2v) is 4.81. The molecule has 0 saturated carbocycles. The van der Waals surface area contributed by atoms with Crippen LogP contribution in [0.25, 0.3) is 0 Å². The largest absolute Gasteiger partial charge is 0.487 e. The van der Waals surface area contributed by atoms with Crippen molar-refractivity contribution in [2.75, 3.05) is 13.2 Å². The minimum Gasteiger partial charge on any atom is -0.487 e. The molecule has 0 aromatic heterocycles. The zero-order chi connectivity index (χ0) is 12.9. The van der Waals surface area contributed by atoms with E-state index in [2.05, 4.69) is 4.74 Å². The highest BCUT2D eigenvalue weighted by Crippen LogP contribution is 2.18. The predicted molar refractivity (Wildman–Crippen MR) is 60.1 cm³/mol. The fourth-order valence-electron chi connectivity index (χ4n) is 1.11. The first-order chi connectivity index (χ1) is 7.89. The molecule has 17 heavy (non-hydrogen) atoms. The van der Waals surface area contributed by atoms with Gasteiger partial charge in [-0.2, -0.15) is 8.42 Å². The standard InChI is InChI=1S/C10H14O6S/c1-2-16-10(11,17(12,13)14)8-15-9-6-4-3-5-7-9/h3-7,11H,2,8H2,1H3,(H,12,13,14). The van der Waals surface area contributed by atoms with Gasteiger partial charge in [0.2, 0.25) is 0 Å². The lowest BCUT2D eigenvalue weighted by atomic mass is 10.3. The lowest BCUT2D eigenvalue weighted by Gasteiger charge is -2.24. The Labute approximate surface area is 99.5 Å². The first kappa shape index (κ1) is 13.9. The van der Waals surface area contributed by atoms with Crippen molar-refractivity contribution < 1.29 is 27.6 Å². The summed E-state index contributed by atoms with van der Waals surface area (Å²) < 4.78 is 40.4. The summed E-state index contributed by atoms with van der Waals surface area (Å²) in [5, 5.41) is 6.87. The van der Waals surface area contributed by atoms with Crippen molar-refractivity contribution in [3.05, 3.63) is 30.3 Å². The van der Waals surface area contributed by atoms with Gasteiger partial charge in [0.15, 0.2) is 6.61 Å². The Morgan fingerprint density at radius 2 is 1.88 bits per heavy atom. The maximum atomic E-state index is 11.0. The van der Waals surface area contributed by atoms with E-state index in [1.165, 1.54) is 6.92 Å². The molecule has 0 aliphatic carbocycles. The van der Waals surface area contributed by atoms with Crippen molar-refractivity contribution in [1.82, 2.24) is 0 Å². The van der Waals surface area contributed by atoms with Gasteiger partial charge < -0.3 is 14.6 Å². The van der Waals surface area contributed by atoms with Gasteiger partial charge in [-0.25, -0.2) is 0 Å². The summed E-state index contributed by atoms with van der Waals surface area (Å²) in [4.78, 5) is 0. The van der Waals surface area contributed by atoms with Gasteiger partial charge in [0, 0.05) is 6.61 Å². The summed E-state index contributed by atoms with van der Waals surface area (Å²) in [7, 11) is -4.79. The molecule has 6 nitrogen and oxygen atoms in total. The zero-order valence-electron chi connectivity index (χ0n) is 9.24. The number of benzene rings is 1. The van der Waals surface area contributed by atoms with Gasteiger partial charge in [0.1, 0.15) is 5.75 Å². The molecule has 1 rings (SSSR count). The van der Waals surface area contributed by atoms with Gasteiger partial charge in [-0.3, -0.25) is 4.55 Å². The molecule has 0 aliphatic rings. The highest BCUT2D eigenvalue weighted by Gasteiger charge is 2.43. The first-order valence-corrected chi connectivity index (χ1v) is 6.34. The fourth-order valence-corrected chi connectivity index (χ4v) is 1.58. The van der Waals surface area contributed by atoms with Crippen molar-refractivity contribution in [2.45, 2.75) is 12.0 Å². The van der Waals surface area contributed by atoms with E-state index in [0.717, 1.165) is 0 Å². The average molecular weight is 262 g/mol. The van der Waals surface area contributed by atoms with E-state index in [1.807, 2.05) is 0 Å². The van der Waals surface area contributed by atoms with Crippen LogP contribution in [-0.2, 0) is 14.9 Å². The second-order valence-electron chi connectivity index (χ2n) is 3.22. The summed E-state index contributed by atoms with van der Waals surface area (Å²) in [6, 6.07) is 8.28. The van der Waals surface area contributed by atoms with Gasteiger partial charge in [-0.1, -0.05) is 18.2 Å². The van der Waals surface area contributed by atoms with E-state index >= 15 is 0 Å². The van der Waals surface area contributed by atoms with E-state index in [9.17, 15) is 13.5 Å². The lowest BCUT2D eigenvalue weighted by Crippen LogP contribution is -2.46. The van der Waals surface area contributed by atoms with Crippen LogP contribution in [0, 0.1) is 0 Å². The maximum Gasteiger partial charge on any atom is 0.332 e. The third-order valence-corrected chi connectivity index (χ3v) is 2.98. The Kier molecular flexibility index (Phi) is 4.47. The molecular weight excluding hydrogens is 248 g/mol. The highest BCUT2D eigenvalue weighted by atomic mass is 32.2. The van der Waals surface area contributed by atoms with Crippen molar-refractivity contribution in [3.63, 3.8) is 0 Å². The van der Waals surface area contributed by atoms with Crippen LogP contribution >= 0.6 is 0 Å². The monoisotopic (exact) mass is 262 g/mol. The van der Waals surface area contributed by atoms with E-state index in [4.69, 9.17) is 9.29 Å². The van der Waals surface area contributed by atoms with Crippen LogP contribution in [0.15, 0.2) is 30.3 Å². The summed E-state index contributed by atoms with van der Waals surface area (Å²) in [6.45, 7) is 0.677. The van der Waals surface area contributed by atoms with Gasteiger partial charge in [-0.05, 0) is 19.1 Å². The van der Waals surface area contributed by atoms with Crippen LogP contribution in [0.3, 0.4) is 0 Å². The first-order valence-electron chi connectivity index (χ1n) is 4.90. The SMILES string of the molecule is CCOC(O)(COc1ccccc1)S(=O)(=O)O. The average Bonchev–Trinajstić information content (AvgIpc) is 2.27. The molecule has 0 aliphatic heterocycles. The number of hydrogen-bond donors (Lipinski definition) is 2. The number of hydrogen-bond acceptors (Lipinski definition) is 5. The number of rotatable bonds is 6. The molecule has 96 valence electrons. The van der Waals surface area contributed by atoms with Crippen LogP contribution in [0.4, 0.5) is 0 Å². The molecule has 1 atom stereocenters. The van der Waals surface area contributed by atoms with Crippen molar-refractivity contribution in [2.24, 2.45) is 0 Å². The topological polar surface area (TPSA) is 93.1 Å². The molecule has 2 N–H and O–H groups in total. The minimum atomic E-state index is -4.79. The van der Waals surface area contributed by atoms with Crippen molar-refractivity contribution >= 4 is 10.1 Å². The Hall–Kier alpha value is -1.15. The molecule has 1 aromatic rings. The second kappa shape index (κ2) is 5.46. The lowest BCUT2D eigenvalue weighted by molar-refractivity contribution is -0.157. The van der Waals surface area contributed by atoms with E-state index in [-0.39, 0.29) is 6.61 Å². The Balaban J connectivity index is 2.76. The third kappa shape index (κ3) is 3.67. The third-order valence-electron chi connectivity index (χ3n) is 1.94. The predicted octanol–water partition coefficient (Wildman–Crippen LogP) is 0.636. The van der Waals surface area contributed by atoms with Crippen molar-refractivity contribution in [1.29, 1.82) is 0 Å². The Bertz CT molecular complexity index is 443. The van der Waals surface area contributed by atoms with E-state index in [1.54, 1.807) is 30.3 Å². The van der Waals surface area contributed by atoms with E-state index < -0.39 is 21.8 Å². The van der Waals surface area contributed by atoms with Gasteiger partial charge in [0.25, 0.3) is 0 Å². The quantitative estimate of drug-likeness (QED) is 0.577. The molecule has 0 spiro atoms. The normalized spacial score (nSPS) is 15.2. The smallest absolute Gasteiger partial charge is 0.332 e. The van der Waals surface area contributed by atoms with Crippen molar-refractivity contribution in [3.8, 4) is 5.75 Å². The van der Waals surface area contributed by atoms with Gasteiger partial charge >= 0.3 is 15.2 Å². The zero-order valence-corrected chi connectivity index (χ0v) is 10.1. The molecule has 1 aromatic carbocycles. The fraction of sp³-hybridized carbons (Fsp3) is 0.400. The maximum absolute atomic E-state index is 11.0.